The Kier molecular flexibility index (Phi) is 6.52. The zero-order valence-corrected chi connectivity index (χ0v) is 12.5. The zero-order valence-electron chi connectivity index (χ0n) is 12.5. The van der Waals surface area contributed by atoms with E-state index in [4.69, 9.17) is 21.0 Å². The number of ether oxygens (including phenoxy) is 1. The highest BCUT2D eigenvalue weighted by Crippen LogP contribution is 2.23. The monoisotopic (exact) mass is 278 g/mol. The Morgan fingerprint density at radius 1 is 1.30 bits per heavy atom. The highest BCUT2D eigenvalue weighted by molar-refractivity contribution is 5.82. The Bertz CT molecular complexity index is 430. The molecule has 0 heterocycles. The van der Waals surface area contributed by atoms with Crippen LogP contribution in [0.5, 0.6) is 5.75 Å². The van der Waals surface area contributed by atoms with Gasteiger partial charge in [-0.15, -0.1) is 0 Å². The van der Waals surface area contributed by atoms with E-state index >= 15 is 0 Å². The van der Waals surface area contributed by atoms with Crippen molar-refractivity contribution in [2.45, 2.75) is 39.5 Å². The van der Waals surface area contributed by atoms with Gasteiger partial charge in [0.15, 0.2) is 0 Å². The van der Waals surface area contributed by atoms with Crippen molar-refractivity contribution in [1.82, 2.24) is 0 Å². The van der Waals surface area contributed by atoms with Gasteiger partial charge < -0.3 is 15.6 Å². The molecule has 112 valence electrons. The van der Waals surface area contributed by atoms with E-state index in [0.717, 1.165) is 30.6 Å². The standard InChI is InChI=1S/C16H26N2O2/c1-16(2,15(17)18)10-5-6-12-20-14-8-4-3-7-13(14)9-11-19/h3-4,7-8,19H,5-6,9-12H2,1-2H3,(H3,17,18). The molecule has 0 aromatic heterocycles. The first kappa shape index (κ1) is 16.5. The highest BCUT2D eigenvalue weighted by atomic mass is 16.5. The lowest BCUT2D eigenvalue weighted by Crippen LogP contribution is -2.30. The number of nitrogens with one attached hydrogen (secondary N) is 1. The number of unbranched alkanes of at least 4 members (excludes halogenated alkanes) is 1. The number of nitrogens with two attached hydrogens (primary N) is 1. The second-order valence-corrected chi connectivity index (χ2v) is 5.68. The number of para-hydroxylation sites is 1. The molecule has 0 amide bonds. The van der Waals surface area contributed by atoms with E-state index in [9.17, 15) is 0 Å². The summed E-state index contributed by atoms with van der Waals surface area (Å²) in [6.07, 6.45) is 3.43. The fourth-order valence-corrected chi connectivity index (χ4v) is 1.96. The lowest BCUT2D eigenvalue weighted by Gasteiger charge is -2.22. The fourth-order valence-electron chi connectivity index (χ4n) is 1.96. The van der Waals surface area contributed by atoms with Crippen LogP contribution in [0, 0.1) is 10.8 Å². The second kappa shape index (κ2) is 7.90. The first-order valence-corrected chi connectivity index (χ1v) is 7.13. The van der Waals surface area contributed by atoms with Crippen molar-refractivity contribution < 1.29 is 9.84 Å². The van der Waals surface area contributed by atoms with Gasteiger partial charge >= 0.3 is 0 Å². The van der Waals surface area contributed by atoms with Crippen LogP contribution in [0.15, 0.2) is 24.3 Å². The maximum atomic E-state index is 9.01. The van der Waals surface area contributed by atoms with Crippen molar-refractivity contribution >= 4 is 5.84 Å². The molecular formula is C16H26N2O2. The normalized spacial score (nSPS) is 11.3. The minimum absolute atomic E-state index is 0.132. The topological polar surface area (TPSA) is 79.3 Å². The van der Waals surface area contributed by atoms with Crippen LogP contribution in [0.4, 0.5) is 0 Å². The summed E-state index contributed by atoms with van der Waals surface area (Å²) in [5.41, 5.74) is 6.37. The van der Waals surface area contributed by atoms with Crippen molar-refractivity contribution in [2.75, 3.05) is 13.2 Å². The zero-order chi connectivity index (χ0) is 15.0. The number of amidine groups is 1. The van der Waals surface area contributed by atoms with Gasteiger partial charge in [-0.1, -0.05) is 32.0 Å². The largest absolute Gasteiger partial charge is 0.493 e. The predicted octanol–water partition coefficient (Wildman–Crippen LogP) is 2.73. The van der Waals surface area contributed by atoms with Crippen LogP contribution >= 0.6 is 0 Å². The van der Waals surface area contributed by atoms with Gasteiger partial charge in [-0.05, 0) is 37.3 Å². The molecule has 0 aliphatic heterocycles. The first-order valence-electron chi connectivity index (χ1n) is 7.13. The van der Waals surface area contributed by atoms with Crippen LogP contribution < -0.4 is 10.5 Å². The third kappa shape index (κ3) is 5.21. The molecule has 0 unspecified atom stereocenters. The van der Waals surface area contributed by atoms with Gasteiger partial charge in [0, 0.05) is 12.0 Å². The van der Waals surface area contributed by atoms with Crippen molar-refractivity contribution in [3.63, 3.8) is 0 Å². The minimum atomic E-state index is -0.227. The lowest BCUT2D eigenvalue weighted by atomic mass is 9.86. The van der Waals surface area contributed by atoms with Crippen LogP contribution in [-0.2, 0) is 6.42 Å². The Hall–Kier alpha value is -1.55. The van der Waals surface area contributed by atoms with Crippen LogP contribution in [-0.4, -0.2) is 24.2 Å². The van der Waals surface area contributed by atoms with Gasteiger partial charge in [-0.3, -0.25) is 5.41 Å². The van der Waals surface area contributed by atoms with Crippen LogP contribution in [0.1, 0.15) is 38.7 Å². The van der Waals surface area contributed by atoms with Crippen molar-refractivity contribution in [3.8, 4) is 5.75 Å². The molecule has 0 saturated heterocycles. The molecule has 20 heavy (non-hydrogen) atoms. The Morgan fingerprint density at radius 2 is 2.00 bits per heavy atom. The molecule has 0 radical (unpaired) electrons. The number of aliphatic hydroxyl groups excluding tert-OH is 1. The summed E-state index contributed by atoms with van der Waals surface area (Å²) in [7, 11) is 0. The maximum Gasteiger partial charge on any atom is 0.122 e. The van der Waals surface area contributed by atoms with Gasteiger partial charge in [0.05, 0.1) is 12.4 Å². The average molecular weight is 278 g/mol. The summed E-state index contributed by atoms with van der Waals surface area (Å²) in [5, 5.41) is 16.5. The maximum absolute atomic E-state index is 9.01. The van der Waals surface area contributed by atoms with E-state index in [0.29, 0.717) is 13.0 Å². The smallest absolute Gasteiger partial charge is 0.122 e. The second-order valence-electron chi connectivity index (χ2n) is 5.68. The number of hydrogen-bond donors (Lipinski definition) is 3. The molecule has 0 fully saturated rings. The number of benzene rings is 1. The summed E-state index contributed by atoms with van der Waals surface area (Å²) < 4.78 is 5.77. The summed E-state index contributed by atoms with van der Waals surface area (Å²) in [5.74, 6) is 1.10. The molecule has 0 saturated carbocycles. The summed E-state index contributed by atoms with van der Waals surface area (Å²) in [6.45, 7) is 4.77. The lowest BCUT2D eigenvalue weighted by molar-refractivity contribution is 0.280. The first-order chi connectivity index (χ1) is 9.47. The number of aliphatic hydroxyl groups is 1. The van der Waals surface area contributed by atoms with Gasteiger partial charge in [-0.2, -0.15) is 0 Å². The van der Waals surface area contributed by atoms with Crippen molar-refractivity contribution in [1.29, 1.82) is 5.41 Å². The van der Waals surface area contributed by atoms with Crippen LogP contribution in [0.2, 0.25) is 0 Å². The molecule has 4 heteroatoms. The van der Waals surface area contributed by atoms with Crippen molar-refractivity contribution in [3.05, 3.63) is 29.8 Å². The van der Waals surface area contributed by atoms with E-state index in [-0.39, 0.29) is 17.9 Å². The molecule has 4 N–H and O–H groups in total. The van der Waals surface area contributed by atoms with Gasteiger partial charge in [0.25, 0.3) is 0 Å². The molecule has 0 aliphatic rings. The Morgan fingerprint density at radius 3 is 2.65 bits per heavy atom. The fraction of sp³-hybridized carbons (Fsp3) is 0.562. The molecular weight excluding hydrogens is 252 g/mol. The Labute approximate surface area is 121 Å². The number of hydrogen-bond acceptors (Lipinski definition) is 3. The Balaban J connectivity index is 2.33. The minimum Gasteiger partial charge on any atom is -0.493 e. The molecule has 0 spiro atoms. The quantitative estimate of drug-likeness (QED) is 0.369. The van der Waals surface area contributed by atoms with Crippen molar-refractivity contribution in [2.24, 2.45) is 11.1 Å². The molecule has 0 aliphatic carbocycles. The molecule has 1 aromatic carbocycles. The molecule has 1 aromatic rings. The van der Waals surface area contributed by atoms with Gasteiger partial charge in [0.2, 0.25) is 0 Å². The van der Waals surface area contributed by atoms with E-state index in [2.05, 4.69) is 0 Å². The third-order valence-corrected chi connectivity index (χ3v) is 3.54. The van der Waals surface area contributed by atoms with Gasteiger partial charge in [-0.25, -0.2) is 0 Å². The SMILES string of the molecule is CC(C)(CCCCOc1ccccc1CCO)C(=N)N. The molecule has 0 atom stereocenters. The summed E-state index contributed by atoms with van der Waals surface area (Å²) >= 11 is 0. The van der Waals surface area contributed by atoms with Gasteiger partial charge in [0.1, 0.15) is 5.75 Å². The molecule has 4 nitrogen and oxygen atoms in total. The summed E-state index contributed by atoms with van der Waals surface area (Å²) in [6, 6.07) is 7.80. The third-order valence-electron chi connectivity index (χ3n) is 3.54. The average Bonchev–Trinajstić information content (AvgIpc) is 2.40. The van der Waals surface area contributed by atoms with Crippen LogP contribution in [0.25, 0.3) is 0 Å². The molecule has 1 rings (SSSR count). The van der Waals surface area contributed by atoms with Crippen LogP contribution in [0.3, 0.4) is 0 Å². The van der Waals surface area contributed by atoms with E-state index in [1.165, 1.54) is 0 Å². The summed E-state index contributed by atoms with van der Waals surface area (Å²) in [4.78, 5) is 0. The highest BCUT2D eigenvalue weighted by Gasteiger charge is 2.20. The van der Waals surface area contributed by atoms with E-state index in [1.807, 2.05) is 38.1 Å². The van der Waals surface area contributed by atoms with E-state index < -0.39 is 0 Å². The van der Waals surface area contributed by atoms with E-state index in [1.54, 1.807) is 0 Å². The molecule has 0 bridgehead atoms. The predicted molar refractivity (Wildman–Crippen MR) is 82.3 cm³/mol. The number of rotatable bonds is 9.